The van der Waals surface area contributed by atoms with Crippen LogP contribution >= 0.6 is 0 Å². The second kappa shape index (κ2) is 16.4. The van der Waals surface area contributed by atoms with E-state index in [0.29, 0.717) is 0 Å². The molecule has 1 aliphatic carbocycles. The summed E-state index contributed by atoms with van der Waals surface area (Å²) < 4.78 is 20.7. The minimum atomic E-state index is -0.853. The summed E-state index contributed by atoms with van der Waals surface area (Å²) in [5.41, 5.74) is 0.609. The fraction of sp³-hybridized carbons (Fsp3) is 0.500. The van der Waals surface area contributed by atoms with Gasteiger partial charge in [0.2, 0.25) is 0 Å². The van der Waals surface area contributed by atoms with Crippen LogP contribution in [0.25, 0.3) is 0 Å². The van der Waals surface area contributed by atoms with Crippen LogP contribution in [0.2, 0.25) is 0 Å². The lowest BCUT2D eigenvalue weighted by Crippen LogP contribution is -2.22. The van der Waals surface area contributed by atoms with Crippen LogP contribution in [0.4, 0.5) is 9.59 Å². The van der Waals surface area contributed by atoms with E-state index in [1.165, 1.54) is 74.9 Å². The van der Waals surface area contributed by atoms with Gasteiger partial charge in [0.25, 0.3) is 0 Å². The number of ether oxygens (including phenoxy) is 4. The van der Waals surface area contributed by atoms with Crippen LogP contribution in [0.5, 0.6) is 11.5 Å². The number of benzene rings is 2. The predicted octanol–water partition coefficient (Wildman–Crippen LogP) is 8.21. The van der Waals surface area contributed by atoms with E-state index in [9.17, 15) is 19.2 Å². The summed E-state index contributed by atoms with van der Waals surface area (Å²) in [6.07, 6.45) is 11.1. The molecule has 0 amide bonds. The molecule has 2 aromatic rings. The van der Waals surface area contributed by atoms with Crippen LogP contribution < -0.4 is 9.47 Å². The Morgan fingerprint density at radius 3 is 1.30 bits per heavy atom. The molecule has 1 aliphatic rings. The number of carbonyl (C=O) groups excluding carboxylic acids is 4. The number of fused-ring (bicyclic) bond motifs is 2. The number of ketones is 2. The van der Waals surface area contributed by atoms with E-state index in [0.717, 1.165) is 38.5 Å². The molecule has 40 heavy (non-hydrogen) atoms. The maximum atomic E-state index is 13.2. The van der Waals surface area contributed by atoms with Gasteiger partial charge in [-0.05, 0) is 49.2 Å². The number of carbonyl (C=O) groups is 4. The zero-order chi connectivity index (χ0) is 28.7. The third-order valence-corrected chi connectivity index (χ3v) is 6.80. The van der Waals surface area contributed by atoms with Crippen molar-refractivity contribution in [2.75, 3.05) is 13.2 Å². The highest BCUT2D eigenvalue weighted by Gasteiger charge is 2.31. The molecule has 0 N–H and O–H groups in total. The zero-order valence-electron chi connectivity index (χ0n) is 23.6. The van der Waals surface area contributed by atoms with E-state index in [4.69, 9.17) is 18.9 Å². The Kier molecular flexibility index (Phi) is 12.7. The minimum Gasteiger partial charge on any atom is -0.434 e. The molecule has 3 rings (SSSR count). The normalized spacial score (nSPS) is 11.9. The van der Waals surface area contributed by atoms with Crippen molar-refractivity contribution < 1.29 is 38.1 Å². The standard InChI is InChI=1S/C32H40O8/c1-3-5-7-9-11-13-19-37-31(35)39-23-15-17-25-27(21-23)29(33)26-18-16-24(22-28(26)30(25)34)40-32(36)38-20-14-12-10-8-6-4-2/h15-18,21-22H,3-14,19-20H2,1-2H3. The molecule has 8 nitrogen and oxygen atoms in total. The maximum absolute atomic E-state index is 13.2. The second-order valence-corrected chi connectivity index (χ2v) is 10.0. The molecular formula is C32H40O8. The molecule has 0 fully saturated rings. The highest BCUT2D eigenvalue weighted by atomic mass is 16.7. The van der Waals surface area contributed by atoms with E-state index in [1.54, 1.807) is 0 Å². The zero-order valence-corrected chi connectivity index (χ0v) is 23.6. The lowest BCUT2D eigenvalue weighted by atomic mass is 9.84. The van der Waals surface area contributed by atoms with Crippen LogP contribution in [0.1, 0.15) is 123 Å². The maximum Gasteiger partial charge on any atom is 0.513 e. The van der Waals surface area contributed by atoms with Gasteiger partial charge < -0.3 is 18.9 Å². The molecule has 0 unspecified atom stereocenters. The van der Waals surface area contributed by atoms with Crippen LogP contribution in [0.3, 0.4) is 0 Å². The van der Waals surface area contributed by atoms with Crippen molar-refractivity contribution in [1.82, 2.24) is 0 Å². The van der Waals surface area contributed by atoms with Crippen LogP contribution in [-0.2, 0) is 9.47 Å². The largest absolute Gasteiger partial charge is 0.513 e. The minimum absolute atomic E-state index is 0.115. The lowest BCUT2D eigenvalue weighted by Gasteiger charge is -2.18. The van der Waals surface area contributed by atoms with Gasteiger partial charge in [-0.25, -0.2) is 9.59 Å². The van der Waals surface area contributed by atoms with E-state index >= 15 is 0 Å². The smallest absolute Gasteiger partial charge is 0.434 e. The average Bonchev–Trinajstić information content (AvgIpc) is 2.95. The summed E-state index contributed by atoms with van der Waals surface area (Å²) in [6.45, 7) is 4.84. The molecule has 0 aromatic heterocycles. The summed E-state index contributed by atoms with van der Waals surface area (Å²) in [4.78, 5) is 50.5. The van der Waals surface area contributed by atoms with E-state index in [2.05, 4.69) is 13.8 Å². The lowest BCUT2D eigenvalue weighted by molar-refractivity contribution is 0.0949. The highest BCUT2D eigenvalue weighted by molar-refractivity contribution is 6.28. The number of hydrogen-bond donors (Lipinski definition) is 0. The van der Waals surface area contributed by atoms with E-state index < -0.39 is 23.9 Å². The van der Waals surface area contributed by atoms with Gasteiger partial charge in [-0.1, -0.05) is 78.1 Å². The van der Waals surface area contributed by atoms with Crippen molar-refractivity contribution in [1.29, 1.82) is 0 Å². The number of unbranched alkanes of at least 4 members (excludes halogenated alkanes) is 10. The van der Waals surface area contributed by atoms with Crippen molar-refractivity contribution in [3.05, 3.63) is 58.7 Å². The third-order valence-electron chi connectivity index (χ3n) is 6.80. The Bertz CT molecular complexity index is 1080. The monoisotopic (exact) mass is 552 g/mol. The van der Waals surface area contributed by atoms with Gasteiger partial charge in [-0.2, -0.15) is 0 Å². The van der Waals surface area contributed by atoms with Gasteiger partial charge in [0, 0.05) is 22.3 Å². The topological polar surface area (TPSA) is 105 Å². The molecule has 0 saturated heterocycles. The Hall–Kier alpha value is -3.68. The first-order chi connectivity index (χ1) is 19.4. The Balaban J connectivity index is 1.52. The van der Waals surface area contributed by atoms with Crippen molar-refractivity contribution >= 4 is 23.9 Å². The first kappa shape index (κ1) is 30.9. The number of hydrogen-bond acceptors (Lipinski definition) is 8. The van der Waals surface area contributed by atoms with Gasteiger partial charge in [0.1, 0.15) is 11.5 Å². The molecule has 0 saturated carbocycles. The Labute approximate surface area is 236 Å². The summed E-state index contributed by atoms with van der Waals surface area (Å²) in [6, 6.07) is 8.51. The Morgan fingerprint density at radius 2 is 0.900 bits per heavy atom. The second-order valence-electron chi connectivity index (χ2n) is 10.0. The van der Waals surface area contributed by atoms with Crippen LogP contribution in [0, 0.1) is 0 Å². The van der Waals surface area contributed by atoms with Crippen molar-refractivity contribution in [3.8, 4) is 11.5 Å². The molecule has 0 spiro atoms. The first-order valence-electron chi connectivity index (χ1n) is 14.5. The summed E-state index contributed by atoms with van der Waals surface area (Å²) in [7, 11) is 0. The van der Waals surface area contributed by atoms with Gasteiger partial charge in [-0.15, -0.1) is 0 Å². The summed E-state index contributed by atoms with van der Waals surface area (Å²) in [5.74, 6) is -0.561. The number of rotatable bonds is 16. The van der Waals surface area contributed by atoms with Crippen molar-refractivity contribution in [2.45, 2.75) is 90.9 Å². The van der Waals surface area contributed by atoms with Gasteiger partial charge in [0.15, 0.2) is 11.6 Å². The highest BCUT2D eigenvalue weighted by Crippen LogP contribution is 2.32. The summed E-state index contributed by atoms with van der Waals surface area (Å²) >= 11 is 0. The van der Waals surface area contributed by atoms with E-state index in [1.807, 2.05) is 0 Å². The molecule has 2 aromatic carbocycles. The fourth-order valence-corrected chi connectivity index (χ4v) is 4.56. The SMILES string of the molecule is CCCCCCCCOC(=O)Oc1ccc2c(c1)C(=O)c1ccc(OC(=O)OCCCCCCCC)cc1C2=O. The molecule has 216 valence electrons. The van der Waals surface area contributed by atoms with Gasteiger partial charge >= 0.3 is 12.3 Å². The molecule has 8 heteroatoms. The molecule has 0 radical (unpaired) electrons. The van der Waals surface area contributed by atoms with E-state index in [-0.39, 0.29) is 47.0 Å². The molecule has 0 bridgehead atoms. The predicted molar refractivity (Wildman–Crippen MR) is 150 cm³/mol. The van der Waals surface area contributed by atoms with Crippen LogP contribution in [-0.4, -0.2) is 37.1 Å². The van der Waals surface area contributed by atoms with Crippen molar-refractivity contribution in [3.63, 3.8) is 0 Å². The fourth-order valence-electron chi connectivity index (χ4n) is 4.56. The van der Waals surface area contributed by atoms with Gasteiger partial charge in [-0.3, -0.25) is 9.59 Å². The quantitative estimate of drug-likeness (QED) is 0.0994. The molecule has 0 atom stereocenters. The molecule has 0 aliphatic heterocycles. The molecular weight excluding hydrogens is 512 g/mol. The Morgan fingerprint density at radius 1 is 0.525 bits per heavy atom. The average molecular weight is 553 g/mol. The van der Waals surface area contributed by atoms with Crippen LogP contribution in [0.15, 0.2) is 36.4 Å². The molecule has 0 heterocycles. The van der Waals surface area contributed by atoms with Crippen molar-refractivity contribution in [2.24, 2.45) is 0 Å². The third kappa shape index (κ3) is 9.21. The van der Waals surface area contributed by atoms with Gasteiger partial charge in [0.05, 0.1) is 13.2 Å². The first-order valence-corrected chi connectivity index (χ1v) is 14.5. The summed E-state index contributed by atoms with van der Waals surface area (Å²) in [5, 5.41) is 0.